The normalized spacial score (nSPS) is 11.5. The van der Waals surface area contributed by atoms with Gasteiger partial charge >= 0.3 is 5.63 Å². The first-order valence-electron chi connectivity index (χ1n) is 10.2. The standard InChI is InChI=1S/C25H23N3O7/c1-14(18-12-16-7-6-8-19(31-2)22(16)35-25(18)30)27-28-24(29)17(13-26)9-15-10-20(32-3)23(34-5)21(11-15)33-4/h6-12H,1-5H3,(H,28,29)/b17-9+,27-14+. The molecule has 2 aromatic carbocycles. The van der Waals surface area contributed by atoms with Gasteiger partial charge in [-0.15, -0.1) is 0 Å². The molecule has 1 N–H and O–H groups in total. The number of hydrazone groups is 1. The van der Waals surface area contributed by atoms with Crippen molar-refractivity contribution in [1.29, 1.82) is 5.26 Å². The van der Waals surface area contributed by atoms with Gasteiger partial charge in [-0.3, -0.25) is 4.79 Å². The smallest absolute Gasteiger partial charge is 0.345 e. The van der Waals surface area contributed by atoms with E-state index in [1.54, 1.807) is 36.4 Å². The molecule has 180 valence electrons. The van der Waals surface area contributed by atoms with E-state index in [1.165, 1.54) is 41.4 Å². The molecule has 0 fully saturated rings. The van der Waals surface area contributed by atoms with Gasteiger partial charge < -0.3 is 23.4 Å². The lowest BCUT2D eigenvalue weighted by Gasteiger charge is -2.13. The van der Waals surface area contributed by atoms with E-state index in [0.717, 1.165) is 0 Å². The molecule has 0 aliphatic carbocycles. The van der Waals surface area contributed by atoms with Crippen LogP contribution >= 0.6 is 0 Å². The lowest BCUT2D eigenvalue weighted by molar-refractivity contribution is -0.117. The van der Waals surface area contributed by atoms with Crippen molar-refractivity contribution < 1.29 is 28.2 Å². The zero-order chi connectivity index (χ0) is 25.5. The van der Waals surface area contributed by atoms with Crippen LogP contribution in [0.1, 0.15) is 18.1 Å². The average Bonchev–Trinajstić information content (AvgIpc) is 2.88. The van der Waals surface area contributed by atoms with Gasteiger partial charge in [-0.1, -0.05) is 12.1 Å². The Kier molecular flexibility index (Phi) is 7.74. The Hall–Kier alpha value is -4.78. The highest BCUT2D eigenvalue weighted by Gasteiger charge is 2.16. The Morgan fingerprint density at radius 3 is 2.26 bits per heavy atom. The van der Waals surface area contributed by atoms with E-state index < -0.39 is 11.5 Å². The molecule has 0 spiro atoms. The Bertz CT molecular complexity index is 1410. The van der Waals surface area contributed by atoms with Crippen LogP contribution in [0.15, 0.2) is 56.3 Å². The first-order chi connectivity index (χ1) is 16.9. The predicted molar refractivity (Wildman–Crippen MR) is 129 cm³/mol. The molecule has 3 rings (SSSR count). The molecular weight excluding hydrogens is 454 g/mol. The lowest BCUT2D eigenvalue weighted by atomic mass is 10.1. The fraction of sp³-hybridized carbons (Fsp3) is 0.200. The van der Waals surface area contributed by atoms with E-state index in [1.807, 2.05) is 6.07 Å². The van der Waals surface area contributed by atoms with Crippen molar-refractivity contribution in [1.82, 2.24) is 5.43 Å². The van der Waals surface area contributed by atoms with Gasteiger partial charge in [0, 0.05) is 5.39 Å². The number of ether oxygens (including phenoxy) is 4. The van der Waals surface area contributed by atoms with Gasteiger partial charge in [-0.05, 0) is 42.8 Å². The second-order valence-corrected chi connectivity index (χ2v) is 7.09. The largest absolute Gasteiger partial charge is 0.493 e. The number of carbonyl (C=O) groups is 1. The number of benzene rings is 2. The van der Waals surface area contributed by atoms with Crippen LogP contribution in [0.4, 0.5) is 0 Å². The van der Waals surface area contributed by atoms with Crippen molar-refractivity contribution in [2.75, 3.05) is 28.4 Å². The lowest BCUT2D eigenvalue weighted by Crippen LogP contribution is -2.22. The summed E-state index contributed by atoms with van der Waals surface area (Å²) in [7, 11) is 5.86. The van der Waals surface area contributed by atoms with Gasteiger partial charge in [-0.2, -0.15) is 10.4 Å². The Balaban J connectivity index is 1.89. The molecule has 1 aromatic heterocycles. The maximum atomic E-state index is 12.6. The number of nitriles is 1. The zero-order valence-corrected chi connectivity index (χ0v) is 19.8. The molecule has 1 amide bonds. The first-order valence-corrected chi connectivity index (χ1v) is 10.2. The maximum Gasteiger partial charge on any atom is 0.345 e. The van der Waals surface area contributed by atoms with Crippen LogP contribution < -0.4 is 30.0 Å². The molecule has 0 radical (unpaired) electrons. The average molecular weight is 477 g/mol. The van der Waals surface area contributed by atoms with E-state index in [-0.39, 0.29) is 16.8 Å². The second kappa shape index (κ2) is 10.9. The third-order valence-electron chi connectivity index (χ3n) is 5.02. The summed E-state index contributed by atoms with van der Waals surface area (Å²) in [6.07, 6.45) is 1.35. The summed E-state index contributed by atoms with van der Waals surface area (Å²) in [6, 6.07) is 11.8. The number of para-hydroxylation sites is 1. The van der Waals surface area contributed by atoms with Crippen LogP contribution in [0, 0.1) is 11.3 Å². The Morgan fingerprint density at radius 2 is 1.69 bits per heavy atom. The monoisotopic (exact) mass is 477 g/mol. The van der Waals surface area contributed by atoms with E-state index in [9.17, 15) is 14.9 Å². The molecule has 0 aliphatic heterocycles. The molecule has 35 heavy (non-hydrogen) atoms. The van der Waals surface area contributed by atoms with Gasteiger partial charge in [0.15, 0.2) is 22.8 Å². The summed E-state index contributed by atoms with van der Waals surface area (Å²) in [5.41, 5.74) is 2.54. The molecular formula is C25H23N3O7. The highest BCUT2D eigenvalue weighted by atomic mass is 16.5. The van der Waals surface area contributed by atoms with Crippen LogP contribution in [0.25, 0.3) is 17.0 Å². The zero-order valence-electron chi connectivity index (χ0n) is 19.8. The van der Waals surface area contributed by atoms with Gasteiger partial charge in [0.05, 0.1) is 39.7 Å². The van der Waals surface area contributed by atoms with Crippen molar-refractivity contribution >= 4 is 28.7 Å². The number of hydrogen-bond donors (Lipinski definition) is 1. The molecule has 1 heterocycles. The molecule has 0 saturated carbocycles. The number of carbonyl (C=O) groups excluding carboxylic acids is 1. The van der Waals surface area contributed by atoms with Crippen molar-refractivity contribution in [3.8, 4) is 29.1 Å². The molecule has 10 nitrogen and oxygen atoms in total. The number of nitrogens with one attached hydrogen (secondary N) is 1. The predicted octanol–water partition coefficient (Wildman–Crippen LogP) is 3.27. The highest BCUT2D eigenvalue weighted by molar-refractivity contribution is 6.04. The summed E-state index contributed by atoms with van der Waals surface area (Å²) in [4.78, 5) is 25.1. The Labute approximate surface area is 201 Å². The number of fused-ring (bicyclic) bond motifs is 1. The third-order valence-corrected chi connectivity index (χ3v) is 5.02. The van der Waals surface area contributed by atoms with Gasteiger partial charge in [0.2, 0.25) is 5.75 Å². The number of rotatable bonds is 8. The molecule has 10 heteroatoms. The van der Waals surface area contributed by atoms with Crippen molar-refractivity contribution in [3.05, 3.63) is 63.5 Å². The molecule has 0 saturated heterocycles. The van der Waals surface area contributed by atoms with Crippen molar-refractivity contribution in [2.24, 2.45) is 5.10 Å². The third kappa shape index (κ3) is 5.25. The summed E-state index contributed by atoms with van der Waals surface area (Å²) in [6.45, 7) is 1.54. The van der Waals surface area contributed by atoms with Gasteiger partial charge in [0.1, 0.15) is 11.6 Å². The first kappa shape index (κ1) is 24.9. The summed E-state index contributed by atoms with van der Waals surface area (Å²) in [5.74, 6) is 0.757. The summed E-state index contributed by atoms with van der Waals surface area (Å²) in [5, 5.41) is 14.1. The number of amides is 1. The van der Waals surface area contributed by atoms with Gasteiger partial charge in [0.25, 0.3) is 5.91 Å². The topological polar surface area (TPSA) is 132 Å². The summed E-state index contributed by atoms with van der Waals surface area (Å²) >= 11 is 0. The van der Waals surface area contributed by atoms with E-state index >= 15 is 0 Å². The fourth-order valence-electron chi connectivity index (χ4n) is 3.29. The Morgan fingerprint density at radius 1 is 1.03 bits per heavy atom. The number of methoxy groups -OCH3 is 4. The number of nitrogens with zero attached hydrogens (tertiary/aromatic N) is 2. The van der Waals surface area contributed by atoms with Crippen LogP contribution in [0.3, 0.4) is 0 Å². The minimum Gasteiger partial charge on any atom is -0.493 e. The molecule has 0 unspecified atom stereocenters. The van der Waals surface area contributed by atoms with E-state index in [0.29, 0.717) is 39.5 Å². The molecule has 0 bridgehead atoms. The van der Waals surface area contributed by atoms with Crippen LogP contribution in [-0.4, -0.2) is 40.1 Å². The molecule has 0 aliphatic rings. The van der Waals surface area contributed by atoms with Crippen LogP contribution in [0.2, 0.25) is 0 Å². The van der Waals surface area contributed by atoms with E-state index in [4.69, 9.17) is 23.4 Å². The highest BCUT2D eigenvalue weighted by Crippen LogP contribution is 2.38. The maximum absolute atomic E-state index is 12.6. The van der Waals surface area contributed by atoms with Crippen LogP contribution in [0.5, 0.6) is 23.0 Å². The quantitative estimate of drug-likeness (QED) is 0.172. The van der Waals surface area contributed by atoms with Crippen molar-refractivity contribution in [3.63, 3.8) is 0 Å². The van der Waals surface area contributed by atoms with Gasteiger partial charge in [-0.25, -0.2) is 10.2 Å². The minimum absolute atomic E-state index is 0.151. The SMILES string of the molecule is COc1cc(/C=C(\C#N)C(=O)N/N=C(\C)c2cc3cccc(OC)c3oc2=O)cc(OC)c1OC. The van der Waals surface area contributed by atoms with Crippen molar-refractivity contribution in [2.45, 2.75) is 6.92 Å². The molecule has 3 aromatic rings. The number of hydrogen-bond acceptors (Lipinski definition) is 9. The van der Waals surface area contributed by atoms with Crippen LogP contribution in [-0.2, 0) is 4.79 Å². The molecule has 0 atom stereocenters. The summed E-state index contributed by atoms with van der Waals surface area (Å²) < 4.78 is 26.5. The second-order valence-electron chi connectivity index (χ2n) is 7.09. The fourth-order valence-corrected chi connectivity index (χ4v) is 3.29. The van der Waals surface area contributed by atoms with E-state index in [2.05, 4.69) is 10.5 Å². The minimum atomic E-state index is -0.771.